The minimum Gasteiger partial charge on any atom is -0.377 e. The van der Waals surface area contributed by atoms with Crippen molar-refractivity contribution >= 4 is 21.6 Å². The summed E-state index contributed by atoms with van der Waals surface area (Å²) in [4.78, 5) is 0. The molecule has 1 atom stereocenters. The van der Waals surface area contributed by atoms with Gasteiger partial charge in [-0.15, -0.1) is 0 Å². The van der Waals surface area contributed by atoms with E-state index in [9.17, 15) is 4.39 Å². The van der Waals surface area contributed by atoms with Crippen molar-refractivity contribution in [2.75, 3.05) is 11.9 Å². The molecular weight excluding hydrogens is 295 g/mol. The summed E-state index contributed by atoms with van der Waals surface area (Å²) in [6, 6.07) is 14.2. The molecular formula is C14H14BrFN2. The van der Waals surface area contributed by atoms with E-state index >= 15 is 0 Å². The molecule has 0 aromatic heterocycles. The van der Waals surface area contributed by atoms with Crippen LogP contribution >= 0.6 is 15.9 Å². The molecule has 4 heteroatoms. The van der Waals surface area contributed by atoms with Gasteiger partial charge in [-0.1, -0.05) is 34.1 Å². The molecule has 0 aliphatic rings. The first-order valence-corrected chi connectivity index (χ1v) is 6.46. The largest absolute Gasteiger partial charge is 0.377 e. The van der Waals surface area contributed by atoms with Crippen LogP contribution in [0.25, 0.3) is 0 Å². The predicted molar refractivity (Wildman–Crippen MR) is 76.0 cm³/mol. The van der Waals surface area contributed by atoms with E-state index in [4.69, 9.17) is 5.73 Å². The number of hydrogen-bond acceptors (Lipinski definition) is 2. The van der Waals surface area contributed by atoms with Crippen molar-refractivity contribution in [3.63, 3.8) is 0 Å². The highest BCUT2D eigenvalue weighted by Gasteiger charge is 2.13. The average molecular weight is 309 g/mol. The number of rotatable bonds is 4. The van der Waals surface area contributed by atoms with Crippen LogP contribution < -0.4 is 11.1 Å². The third-order valence-electron chi connectivity index (χ3n) is 2.70. The molecule has 0 bridgehead atoms. The lowest BCUT2D eigenvalue weighted by molar-refractivity contribution is 0.593. The van der Waals surface area contributed by atoms with Gasteiger partial charge in [0.25, 0.3) is 0 Å². The van der Waals surface area contributed by atoms with Gasteiger partial charge in [0.05, 0.1) is 6.04 Å². The Kier molecular flexibility index (Phi) is 4.33. The van der Waals surface area contributed by atoms with Crippen LogP contribution in [0.4, 0.5) is 10.1 Å². The Morgan fingerprint density at radius 3 is 2.39 bits per heavy atom. The number of anilines is 1. The average Bonchev–Trinajstić information content (AvgIpc) is 2.39. The molecule has 3 N–H and O–H groups in total. The number of nitrogens with one attached hydrogen (secondary N) is 1. The highest BCUT2D eigenvalue weighted by Crippen LogP contribution is 2.22. The lowest BCUT2D eigenvalue weighted by atomic mass is 10.1. The Labute approximate surface area is 114 Å². The van der Waals surface area contributed by atoms with Crippen molar-refractivity contribution in [3.8, 4) is 0 Å². The first-order valence-electron chi connectivity index (χ1n) is 5.67. The first-order chi connectivity index (χ1) is 8.70. The minimum atomic E-state index is -0.238. The number of halogens is 2. The summed E-state index contributed by atoms with van der Waals surface area (Å²) in [6.45, 7) is 0.330. The zero-order valence-electron chi connectivity index (χ0n) is 9.74. The Morgan fingerprint density at radius 1 is 1.11 bits per heavy atom. The second-order valence-electron chi connectivity index (χ2n) is 3.96. The van der Waals surface area contributed by atoms with E-state index in [0.717, 1.165) is 10.2 Å². The molecule has 0 saturated carbocycles. The van der Waals surface area contributed by atoms with Crippen LogP contribution in [0.15, 0.2) is 53.0 Å². The highest BCUT2D eigenvalue weighted by molar-refractivity contribution is 9.10. The molecule has 2 nitrogen and oxygen atoms in total. The summed E-state index contributed by atoms with van der Waals surface area (Å²) < 4.78 is 14.7. The monoisotopic (exact) mass is 308 g/mol. The molecule has 0 heterocycles. The van der Waals surface area contributed by atoms with E-state index in [0.29, 0.717) is 12.1 Å². The summed E-state index contributed by atoms with van der Waals surface area (Å²) >= 11 is 3.37. The molecule has 0 aliphatic carbocycles. The van der Waals surface area contributed by atoms with Crippen molar-refractivity contribution in [1.82, 2.24) is 0 Å². The van der Waals surface area contributed by atoms with Gasteiger partial charge in [0.15, 0.2) is 0 Å². The molecule has 0 radical (unpaired) electrons. The molecule has 0 amide bonds. The van der Waals surface area contributed by atoms with Gasteiger partial charge >= 0.3 is 0 Å². The number of benzene rings is 2. The van der Waals surface area contributed by atoms with E-state index in [1.54, 1.807) is 12.1 Å². The van der Waals surface area contributed by atoms with Gasteiger partial charge in [-0.25, -0.2) is 4.39 Å². The van der Waals surface area contributed by atoms with Crippen molar-refractivity contribution < 1.29 is 4.39 Å². The van der Waals surface area contributed by atoms with Crippen LogP contribution in [0.2, 0.25) is 0 Å². The van der Waals surface area contributed by atoms with Crippen LogP contribution in [-0.2, 0) is 0 Å². The molecule has 2 rings (SSSR count). The maximum Gasteiger partial charge on any atom is 0.128 e. The van der Waals surface area contributed by atoms with Gasteiger partial charge in [0.2, 0.25) is 0 Å². The summed E-state index contributed by atoms with van der Waals surface area (Å²) in [7, 11) is 0. The normalized spacial score (nSPS) is 12.2. The summed E-state index contributed by atoms with van der Waals surface area (Å²) in [5.41, 5.74) is 7.21. The van der Waals surface area contributed by atoms with Gasteiger partial charge in [-0.05, 0) is 30.3 Å². The van der Waals surface area contributed by atoms with E-state index < -0.39 is 0 Å². The molecule has 18 heavy (non-hydrogen) atoms. The topological polar surface area (TPSA) is 38.0 Å². The second-order valence-corrected chi connectivity index (χ2v) is 4.88. The van der Waals surface area contributed by atoms with E-state index in [1.165, 1.54) is 6.07 Å². The van der Waals surface area contributed by atoms with E-state index in [2.05, 4.69) is 21.2 Å². The maximum atomic E-state index is 13.7. The fourth-order valence-electron chi connectivity index (χ4n) is 1.77. The van der Waals surface area contributed by atoms with Crippen LogP contribution in [0.1, 0.15) is 11.6 Å². The van der Waals surface area contributed by atoms with Crippen molar-refractivity contribution in [2.45, 2.75) is 6.04 Å². The Balaban J connectivity index is 2.20. The first kappa shape index (κ1) is 13.1. The standard InChI is InChI=1S/C14H14BrFN2/c15-10-5-7-11(8-6-10)18-14(9-17)12-3-1-2-4-13(12)16/h1-8,14,18H,9,17H2. The molecule has 94 valence electrons. The van der Waals surface area contributed by atoms with Gasteiger partial charge in [0, 0.05) is 22.3 Å². The Hall–Kier alpha value is -1.39. The third kappa shape index (κ3) is 3.09. The van der Waals surface area contributed by atoms with Crippen LogP contribution in [0.5, 0.6) is 0 Å². The predicted octanol–water partition coefficient (Wildman–Crippen LogP) is 3.70. The van der Waals surface area contributed by atoms with Gasteiger partial charge in [-0.2, -0.15) is 0 Å². The van der Waals surface area contributed by atoms with Crippen molar-refractivity contribution in [3.05, 3.63) is 64.4 Å². The lowest BCUT2D eigenvalue weighted by Crippen LogP contribution is -2.21. The van der Waals surface area contributed by atoms with Gasteiger partial charge in [0.1, 0.15) is 5.82 Å². The Morgan fingerprint density at radius 2 is 1.78 bits per heavy atom. The van der Waals surface area contributed by atoms with Crippen molar-refractivity contribution in [1.29, 1.82) is 0 Å². The molecule has 2 aromatic carbocycles. The fraction of sp³-hybridized carbons (Fsp3) is 0.143. The quantitative estimate of drug-likeness (QED) is 0.904. The highest BCUT2D eigenvalue weighted by atomic mass is 79.9. The maximum absolute atomic E-state index is 13.7. The van der Waals surface area contributed by atoms with E-state index in [-0.39, 0.29) is 11.9 Å². The Bertz CT molecular complexity index is 513. The lowest BCUT2D eigenvalue weighted by Gasteiger charge is -2.19. The fourth-order valence-corrected chi connectivity index (χ4v) is 2.03. The molecule has 0 spiro atoms. The summed E-state index contributed by atoms with van der Waals surface area (Å²) in [5.74, 6) is -0.238. The van der Waals surface area contributed by atoms with Gasteiger partial charge in [-0.3, -0.25) is 0 Å². The molecule has 0 saturated heterocycles. The second kappa shape index (κ2) is 5.98. The van der Waals surface area contributed by atoms with E-state index in [1.807, 2.05) is 30.3 Å². The summed E-state index contributed by atoms with van der Waals surface area (Å²) in [6.07, 6.45) is 0. The minimum absolute atomic E-state index is 0.229. The summed E-state index contributed by atoms with van der Waals surface area (Å²) in [5, 5.41) is 3.23. The van der Waals surface area contributed by atoms with Crippen molar-refractivity contribution in [2.24, 2.45) is 5.73 Å². The smallest absolute Gasteiger partial charge is 0.128 e. The molecule has 2 aromatic rings. The molecule has 0 aliphatic heterocycles. The van der Waals surface area contributed by atoms with Crippen LogP contribution in [0, 0.1) is 5.82 Å². The number of hydrogen-bond donors (Lipinski definition) is 2. The van der Waals surface area contributed by atoms with Gasteiger partial charge < -0.3 is 11.1 Å². The van der Waals surface area contributed by atoms with Crippen LogP contribution in [0.3, 0.4) is 0 Å². The zero-order valence-corrected chi connectivity index (χ0v) is 11.3. The molecule has 0 fully saturated rings. The zero-order chi connectivity index (χ0) is 13.0. The third-order valence-corrected chi connectivity index (χ3v) is 3.23. The number of nitrogens with two attached hydrogens (primary N) is 1. The molecule has 1 unspecified atom stereocenters. The van der Waals surface area contributed by atoms with Crippen LogP contribution in [-0.4, -0.2) is 6.54 Å². The SMILES string of the molecule is NCC(Nc1ccc(Br)cc1)c1ccccc1F.